The third kappa shape index (κ3) is 4.14. The zero-order valence-electron chi connectivity index (χ0n) is 14.0. The molecule has 1 amide bonds. The van der Waals surface area contributed by atoms with E-state index >= 15 is 0 Å². The summed E-state index contributed by atoms with van der Waals surface area (Å²) in [6, 6.07) is 12.4. The molecule has 6 heteroatoms. The Morgan fingerprint density at radius 1 is 1.12 bits per heavy atom. The van der Waals surface area contributed by atoms with Gasteiger partial charge in [0.1, 0.15) is 11.5 Å². The number of benzene rings is 2. The van der Waals surface area contributed by atoms with E-state index in [1.54, 1.807) is 50.6 Å². The number of carbonyl (C=O) groups is 1. The highest BCUT2D eigenvalue weighted by atomic mass is 32.2. The first-order valence-electron chi connectivity index (χ1n) is 7.57. The highest BCUT2D eigenvalue weighted by molar-refractivity contribution is 7.85. The molecule has 0 saturated carbocycles. The molecule has 0 fully saturated rings. The first kappa shape index (κ1) is 18.0. The van der Waals surface area contributed by atoms with Crippen LogP contribution in [0.3, 0.4) is 0 Å². The molecule has 0 spiro atoms. The lowest BCUT2D eigenvalue weighted by Gasteiger charge is -2.12. The molecule has 0 aliphatic heterocycles. The fraction of sp³-hybridized carbons (Fsp3) is 0.278. The quantitative estimate of drug-likeness (QED) is 0.836. The standard InChI is InChI=1S/C18H21NO4S/c1-4-24(21)17-8-6-5-7-15(17)18(20)19-12-13-11-14(22-2)9-10-16(13)23-3/h5-11H,4,12H2,1-3H3,(H,19,20)/t24-/m1/s1. The van der Waals surface area contributed by atoms with Gasteiger partial charge in [-0.25, -0.2) is 0 Å². The molecule has 2 aromatic rings. The number of ether oxygens (including phenoxy) is 2. The average molecular weight is 347 g/mol. The number of hydrogen-bond acceptors (Lipinski definition) is 4. The summed E-state index contributed by atoms with van der Waals surface area (Å²) in [5.74, 6) is 1.56. The number of methoxy groups -OCH3 is 2. The average Bonchev–Trinajstić information content (AvgIpc) is 2.65. The van der Waals surface area contributed by atoms with Crippen molar-refractivity contribution in [3.63, 3.8) is 0 Å². The smallest absolute Gasteiger partial charge is 0.252 e. The van der Waals surface area contributed by atoms with Crippen LogP contribution in [0.15, 0.2) is 47.4 Å². The van der Waals surface area contributed by atoms with Gasteiger partial charge in [0.2, 0.25) is 0 Å². The molecule has 24 heavy (non-hydrogen) atoms. The monoisotopic (exact) mass is 347 g/mol. The maximum Gasteiger partial charge on any atom is 0.252 e. The van der Waals surface area contributed by atoms with E-state index in [9.17, 15) is 9.00 Å². The molecule has 0 radical (unpaired) electrons. The van der Waals surface area contributed by atoms with Gasteiger partial charge in [0.25, 0.3) is 5.91 Å². The topological polar surface area (TPSA) is 64.6 Å². The van der Waals surface area contributed by atoms with Crippen LogP contribution in [-0.2, 0) is 17.3 Å². The maximum absolute atomic E-state index is 12.5. The summed E-state index contributed by atoms with van der Waals surface area (Å²) in [4.78, 5) is 13.0. The van der Waals surface area contributed by atoms with Crippen LogP contribution < -0.4 is 14.8 Å². The Balaban J connectivity index is 2.19. The second-order valence-corrected chi connectivity index (χ2v) is 6.70. The van der Waals surface area contributed by atoms with Gasteiger partial charge >= 0.3 is 0 Å². The lowest BCUT2D eigenvalue weighted by Crippen LogP contribution is -2.24. The van der Waals surface area contributed by atoms with E-state index < -0.39 is 10.8 Å². The van der Waals surface area contributed by atoms with Crippen LogP contribution in [0.4, 0.5) is 0 Å². The zero-order valence-corrected chi connectivity index (χ0v) is 14.8. The van der Waals surface area contributed by atoms with E-state index in [1.807, 2.05) is 13.0 Å². The lowest BCUT2D eigenvalue weighted by molar-refractivity contribution is 0.0947. The Kier molecular flexibility index (Phi) is 6.37. The van der Waals surface area contributed by atoms with Gasteiger partial charge in [0, 0.05) is 17.9 Å². The predicted molar refractivity (Wildman–Crippen MR) is 94.1 cm³/mol. The third-order valence-electron chi connectivity index (χ3n) is 3.57. The normalized spacial score (nSPS) is 11.6. The zero-order chi connectivity index (χ0) is 17.5. The number of amides is 1. The van der Waals surface area contributed by atoms with Crippen molar-refractivity contribution < 1.29 is 18.5 Å². The minimum Gasteiger partial charge on any atom is -0.497 e. The van der Waals surface area contributed by atoms with Gasteiger partial charge in [-0.3, -0.25) is 9.00 Å². The van der Waals surface area contributed by atoms with E-state index in [-0.39, 0.29) is 12.5 Å². The van der Waals surface area contributed by atoms with Gasteiger partial charge in [-0.2, -0.15) is 0 Å². The first-order valence-corrected chi connectivity index (χ1v) is 8.89. The number of hydrogen-bond donors (Lipinski definition) is 1. The number of rotatable bonds is 7. The van der Waals surface area contributed by atoms with Gasteiger partial charge in [-0.15, -0.1) is 0 Å². The van der Waals surface area contributed by atoms with Crippen LogP contribution >= 0.6 is 0 Å². The Morgan fingerprint density at radius 3 is 2.54 bits per heavy atom. The van der Waals surface area contributed by atoms with Crippen molar-refractivity contribution in [3.05, 3.63) is 53.6 Å². The van der Waals surface area contributed by atoms with Crippen LogP contribution in [0.2, 0.25) is 0 Å². The summed E-state index contributed by atoms with van der Waals surface area (Å²) in [7, 11) is 1.97. The minimum absolute atomic E-state index is 0.266. The summed E-state index contributed by atoms with van der Waals surface area (Å²) in [5, 5.41) is 2.85. The van der Waals surface area contributed by atoms with Crippen LogP contribution in [-0.4, -0.2) is 30.1 Å². The van der Waals surface area contributed by atoms with Crippen molar-refractivity contribution in [2.24, 2.45) is 0 Å². The van der Waals surface area contributed by atoms with Crippen LogP contribution in [0.1, 0.15) is 22.8 Å². The Labute approximate surface area is 144 Å². The van der Waals surface area contributed by atoms with Crippen molar-refractivity contribution in [2.75, 3.05) is 20.0 Å². The highest BCUT2D eigenvalue weighted by Crippen LogP contribution is 2.24. The number of carbonyl (C=O) groups excluding carboxylic acids is 1. The van der Waals surface area contributed by atoms with Gasteiger partial charge in [-0.05, 0) is 30.3 Å². The summed E-state index contributed by atoms with van der Waals surface area (Å²) >= 11 is 0. The van der Waals surface area contributed by atoms with Gasteiger partial charge in [-0.1, -0.05) is 19.1 Å². The van der Waals surface area contributed by atoms with E-state index in [0.29, 0.717) is 27.7 Å². The van der Waals surface area contributed by atoms with Gasteiger partial charge in [0.15, 0.2) is 0 Å². The molecule has 2 rings (SSSR count). The molecule has 0 aliphatic rings. The predicted octanol–water partition coefficient (Wildman–Crippen LogP) is 2.76. The molecule has 1 atom stereocenters. The van der Waals surface area contributed by atoms with E-state index in [1.165, 1.54) is 0 Å². The summed E-state index contributed by atoms with van der Waals surface area (Å²) in [6.07, 6.45) is 0. The Morgan fingerprint density at radius 2 is 1.88 bits per heavy atom. The van der Waals surface area contributed by atoms with Crippen LogP contribution in [0.25, 0.3) is 0 Å². The second-order valence-electron chi connectivity index (χ2n) is 4.99. The van der Waals surface area contributed by atoms with E-state index in [0.717, 1.165) is 5.56 Å². The molecule has 2 aromatic carbocycles. The van der Waals surface area contributed by atoms with Crippen LogP contribution in [0, 0.1) is 0 Å². The molecule has 0 bridgehead atoms. The molecule has 0 aliphatic carbocycles. The summed E-state index contributed by atoms with van der Waals surface area (Å²) < 4.78 is 22.6. The molecule has 0 saturated heterocycles. The fourth-order valence-corrected chi connectivity index (χ4v) is 3.25. The molecule has 128 valence electrons. The van der Waals surface area contributed by atoms with Crippen molar-refractivity contribution in [3.8, 4) is 11.5 Å². The Hall–Kier alpha value is -2.34. The van der Waals surface area contributed by atoms with Crippen LogP contribution in [0.5, 0.6) is 11.5 Å². The number of nitrogens with one attached hydrogen (secondary N) is 1. The maximum atomic E-state index is 12.5. The third-order valence-corrected chi connectivity index (χ3v) is 4.94. The van der Waals surface area contributed by atoms with Crippen molar-refractivity contribution >= 4 is 16.7 Å². The van der Waals surface area contributed by atoms with Gasteiger partial charge in [0.05, 0.1) is 35.5 Å². The molecule has 5 nitrogen and oxygen atoms in total. The molecular formula is C18H21NO4S. The molecule has 0 heterocycles. The lowest BCUT2D eigenvalue weighted by atomic mass is 10.1. The molecule has 0 aromatic heterocycles. The minimum atomic E-state index is -1.19. The summed E-state index contributed by atoms with van der Waals surface area (Å²) in [6.45, 7) is 2.11. The Bertz CT molecular complexity index is 746. The first-order chi connectivity index (χ1) is 11.6. The van der Waals surface area contributed by atoms with Crippen molar-refractivity contribution in [1.29, 1.82) is 0 Å². The van der Waals surface area contributed by atoms with Crippen molar-refractivity contribution in [1.82, 2.24) is 5.32 Å². The molecular weight excluding hydrogens is 326 g/mol. The highest BCUT2D eigenvalue weighted by Gasteiger charge is 2.15. The fourth-order valence-electron chi connectivity index (χ4n) is 2.30. The second kappa shape index (κ2) is 8.49. The summed E-state index contributed by atoms with van der Waals surface area (Å²) in [5.41, 5.74) is 1.24. The largest absolute Gasteiger partial charge is 0.497 e. The molecule has 1 N–H and O–H groups in total. The van der Waals surface area contributed by atoms with Crippen molar-refractivity contribution in [2.45, 2.75) is 18.4 Å². The SMILES string of the molecule is CC[S@@](=O)c1ccccc1C(=O)NCc1cc(OC)ccc1OC. The van der Waals surface area contributed by atoms with E-state index in [2.05, 4.69) is 5.32 Å². The molecule has 0 unspecified atom stereocenters. The van der Waals surface area contributed by atoms with E-state index in [4.69, 9.17) is 9.47 Å². The van der Waals surface area contributed by atoms with Gasteiger partial charge < -0.3 is 14.8 Å².